The van der Waals surface area contributed by atoms with Crippen molar-refractivity contribution >= 4 is 17.7 Å². The van der Waals surface area contributed by atoms with E-state index in [1.54, 1.807) is 47.4 Å². The van der Waals surface area contributed by atoms with Gasteiger partial charge in [-0.1, -0.05) is 18.2 Å². The third-order valence-electron chi connectivity index (χ3n) is 6.45. The van der Waals surface area contributed by atoms with Crippen molar-refractivity contribution in [3.05, 3.63) is 59.7 Å². The summed E-state index contributed by atoms with van der Waals surface area (Å²) in [6, 6.07) is 13.7. The lowest BCUT2D eigenvalue weighted by molar-refractivity contribution is -0.124. The lowest BCUT2D eigenvalue weighted by Gasteiger charge is -2.36. The molecular formula is C25H27N3O5. The first-order valence-electron chi connectivity index (χ1n) is 11.4. The van der Waals surface area contributed by atoms with E-state index < -0.39 is 6.04 Å². The fourth-order valence-electron chi connectivity index (χ4n) is 4.38. The number of carbonyl (C=O) groups excluding carboxylic acids is 3. The van der Waals surface area contributed by atoms with Crippen LogP contribution in [-0.2, 0) is 4.79 Å². The number of ether oxygens (including phenoxy) is 2. The number of hydrogen-bond acceptors (Lipinski definition) is 5. The maximum Gasteiger partial charge on any atom is 0.253 e. The van der Waals surface area contributed by atoms with Gasteiger partial charge in [-0.15, -0.1) is 0 Å². The summed E-state index contributed by atoms with van der Waals surface area (Å²) >= 11 is 0. The van der Waals surface area contributed by atoms with Crippen LogP contribution in [0.3, 0.4) is 0 Å². The topological polar surface area (TPSA) is 97.0 Å². The summed E-state index contributed by atoms with van der Waals surface area (Å²) in [6.07, 6.45) is 3.23. The van der Waals surface area contributed by atoms with Gasteiger partial charge >= 0.3 is 0 Å². The SMILES string of the molecule is O=C(NC(C(=O)NC1CC1)C1CCN(C(=O)c2ccc3c(c2)OCO3)CC1)c1ccccc1. The van der Waals surface area contributed by atoms with Gasteiger partial charge in [-0.25, -0.2) is 0 Å². The van der Waals surface area contributed by atoms with Gasteiger partial charge in [-0.3, -0.25) is 14.4 Å². The van der Waals surface area contributed by atoms with Crippen molar-refractivity contribution in [1.82, 2.24) is 15.5 Å². The summed E-state index contributed by atoms with van der Waals surface area (Å²) < 4.78 is 10.7. The summed E-state index contributed by atoms with van der Waals surface area (Å²) in [4.78, 5) is 40.6. The second-order valence-electron chi connectivity index (χ2n) is 8.80. The van der Waals surface area contributed by atoms with Crippen LogP contribution in [-0.4, -0.2) is 54.6 Å². The molecule has 8 nitrogen and oxygen atoms in total. The number of rotatable bonds is 6. The van der Waals surface area contributed by atoms with Crippen LogP contribution in [0.1, 0.15) is 46.4 Å². The van der Waals surface area contributed by atoms with Crippen molar-refractivity contribution in [3.63, 3.8) is 0 Å². The Bertz CT molecular complexity index is 1050. The molecule has 2 heterocycles. The molecule has 1 unspecified atom stereocenters. The molecule has 3 amide bonds. The van der Waals surface area contributed by atoms with Crippen molar-refractivity contribution in [2.75, 3.05) is 19.9 Å². The van der Waals surface area contributed by atoms with Crippen LogP contribution in [0.2, 0.25) is 0 Å². The monoisotopic (exact) mass is 449 g/mol. The van der Waals surface area contributed by atoms with Crippen LogP contribution in [0.25, 0.3) is 0 Å². The Kier molecular flexibility index (Phi) is 5.90. The normalized spacial score (nSPS) is 18.5. The highest BCUT2D eigenvalue weighted by molar-refractivity contribution is 5.98. The Balaban J connectivity index is 1.24. The first-order valence-corrected chi connectivity index (χ1v) is 11.4. The standard InChI is InChI=1S/C25H27N3O5/c29-23(17-4-2-1-3-5-17)27-22(24(30)26-19-7-8-19)16-10-12-28(13-11-16)25(31)18-6-9-20-21(14-18)33-15-32-20/h1-6,9,14,16,19,22H,7-8,10-13,15H2,(H,26,30)(H,27,29). The zero-order valence-corrected chi connectivity index (χ0v) is 18.3. The zero-order valence-electron chi connectivity index (χ0n) is 18.3. The van der Waals surface area contributed by atoms with Crippen LogP contribution < -0.4 is 20.1 Å². The summed E-state index contributed by atoms with van der Waals surface area (Å²) in [5, 5.41) is 5.99. The van der Waals surface area contributed by atoms with Gasteiger partial charge in [0.05, 0.1) is 0 Å². The largest absolute Gasteiger partial charge is 0.454 e. The van der Waals surface area contributed by atoms with Gasteiger partial charge in [-0.05, 0) is 61.9 Å². The number of amides is 3. The van der Waals surface area contributed by atoms with Crippen LogP contribution >= 0.6 is 0 Å². The molecule has 2 aromatic rings. The number of likely N-dealkylation sites (tertiary alicyclic amines) is 1. The number of nitrogens with zero attached hydrogens (tertiary/aromatic N) is 1. The Morgan fingerprint density at radius 3 is 2.33 bits per heavy atom. The second-order valence-corrected chi connectivity index (χ2v) is 8.80. The number of carbonyl (C=O) groups is 3. The van der Waals surface area contributed by atoms with Crippen molar-refractivity contribution in [3.8, 4) is 11.5 Å². The first kappa shape index (κ1) is 21.3. The average molecular weight is 450 g/mol. The maximum atomic E-state index is 13.0. The molecule has 33 heavy (non-hydrogen) atoms. The number of benzene rings is 2. The lowest BCUT2D eigenvalue weighted by atomic mass is 9.88. The summed E-state index contributed by atoms with van der Waals surface area (Å²) in [7, 11) is 0. The Labute approximate surface area is 192 Å². The molecule has 0 radical (unpaired) electrons. The number of hydrogen-bond donors (Lipinski definition) is 2. The molecule has 1 saturated carbocycles. The third-order valence-corrected chi connectivity index (χ3v) is 6.45. The van der Waals surface area contributed by atoms with E-state index in [1.165, 1.54) is 0 Å². The van der Waals surface area contributed by atoms with Crippen LogP contribution in [0.4, 0.5) is 0 Å². The van der Waals surface area contributed by atoms with E-state index in [2.05, 4.69) is 10.6 Å². The molecule has 1 atom stereocenters. The molecule has 0 spiro atoms. The Hall–Kier alpha value is -3.55. The maximum absolute atomic E-state index is 13.0. The molecule has 1 aliphatic carbocycles. The van der Waals surface area contributed by atoms with E-state index in [0.717, 1.165) is 12.8 Å². The Morgan fingerprint density at radius 2 is 1.61 bits per heavy atom. The number of piperidine rings is 1. The van der Waals surface area contributed by atoms with Gasteiger partial charge in [0.1, 0.15) is 6.04 Å². The summed E-state index contributed by atoms with van der Waals surface area (Å²) in [5.74, 6) is 0.712. The van der Waals surface area contributed by atoms with Gasteiger partial charge in [0, 0.05) is 30.3 Å². The number of nitrogens with one attached hydrogen (secondary N) is 2. The van der Waals surface area contributed by atoms with Crippen molar-refractivity contribution in [2.45, 2.75) is 37.8 Å². The third kappa shape index (κ3) is 4.79. The molecule has 2 fully saturated rings. The fourth-order valence-corrected chi connectivity index (χ4v) is 4.38. The fraction of sp³-hybridized carbons (Fsp3) is 0.400. The molecule has 2 N–H and O–H groups in total. The minimum Gasteiger partial charge on any atom is -0.454 e. The zero-order chi connectivity index (χ0) is 22.8. The van der Waals surface area contributed by atoms with E-state index in [0.29, 0.717) is 48.6 Å². The predicted octanol–water partition coefficient (Wildman–Crippen LogP) is 2.34. The summed E-state index contributed by atoms with van der Waals surface area (Å²) in [6.45, 7) is 1.20. The Morgan fingerprint density at radius 1 is 0.879 bits per heavy atom. The lowest BCUT2D eigenvalue weighted by Crippen LogP contribution is -2.54. The van der Waals surface area contributed by atoms with Crippen LogP contribution in [0, 0.1) is 5.92 Å². The molecule has 2 aromatic carbocycles. The van der Waals surface area contributed by atoms with E-state index in [9.17, 15) is 14.4 Å². The van der Waals surface area contributed by atoms with E-state index in [4.69, 9.17) is 9.47 Å². The predicted molar refractivity (Wildman–Crippen MR) is 120 cm³/mol. The quantitative estimate of drug-likeness (QED) is 0.706. The second kappa shape index (κ2) is 9.13. The highest BCUT2D eigenvalue weighted by Crippen LogP contribution is 2.33. The molecule has 3 aliphatic rings. The van der Waals surface area contributed by atoms with Gasteiger partial charge in [0.2, 0.25) is 12.7 Å². The van der Waals surface area contributed by atoms with Crippen molar-refractivity contribution in [1.29, 1.82) is 0 Å². The van der Waals surface area contributed by atoms with Crippen molar-refractivity contribution in [2.24, 2.45) is 5.92 Å². The average Bonchev–Trinajstić information content (AvgIpc) is 3.54. The molecule has 172 valence electrons. The van der Waals surface area contributed by atoms with Gasteiger partial charge in [0.15, 0.2) is 11.5 Å². The molecule has 8 heteroatoms. The van der Waals surface area contributed by atoms with Gasteiger partial charge < -0.3 is 25.0 Å². The smallest absolute Gasteiger partial charge is 0.253 e. The van der Waals surface area contributed by atoms with Gasteiger partial charge in [-0.2, -0.15) is 0 Å². The molecule has 0 aromatic heterocycles. The van der Waals surface area contributed by atoms with Crippen LogP contribution in [0.15, 0.2) is 48.5 Å². The molecule has 2 aliphatic heterocycles. The van der Waals surface area contributed by atoms with Gasteiger partial charge in [0.25, 0.3) is 11.8 Å². The number of fused-ring (bicyclic) bond motifs is 1. The summed E-state index contributed by atoms with van der Waals surface area (Å²) in [5.41, 5.74) is 1.08. The minimum atomic E-state index is -0.624. The van der Waals surface area contributed by atoms with Crippen LogP contribution in [0.5, 0.6) is 11.5 Å². The highest BCUT2D eigenvalue weighted by atomic mass is 16.7. The molecule has 5 rings (SSSR count). The van der Waals surface area contributed by atoms with E-state index in [-0.39, 0.29) is 36.5 Å². The highest BCUT2D eigenvalue weighted by Gasteiger charge is 2.36. The van der Waals surface area contributed by atoms with Crippen molar-refractivity contribution < 1.29 is 23.9 Å². The molecule has 0 bridgehead atoms. The minimum absolute atomic E-state index is 0.0442. The first-order chi connectivity index (χ1) is 16.1. The van der Waals surface area contributed by atoms with E-state index in [1.807, 2.05) is 6.07 Å². The van der Waals surface area contributed by atoms with E-state index >= 15 is 0 Å². The molecular weight excluding hydrogens is 422 g/mol. The molecule has 1 saturated heterocycles.